The largest absolute Gasteiger partial charge is 0.491 e. The standard InChI is InChI=1S/C16H22FNO4/c1-16(2,3)22-15(20)18-8-4-5-12-11-13(17)6-7-14(12)21-10-9-19/h4-7,11,19H,8-10H2,1-3H3,(H,18,20). The first-order chi connectivity index (χ1) is 10.3. The van der Waals surface area contributed by atoms with E-state index in [2.05, 4.69) is 5.32 Å². The summed E-state index contributed by atoms with van der Waals surface area (Å²) in [5, 5.41) is 11.3. The minimum Gasteiger partial charge on any atom is -0.491 e. The highest BCUT2D eigenvalue weighted by Gasteiger charge is 2.15. The zero-order valence-corrected chi connectivity index (χ0v) is 13.1. The molecule has 0 unspecified atom stereocenters. The second kappa shape index (κ2) is 8.38. The highest BCUT2D eigenvalue weighted by atomic mass is 19.1. The summed E-state index contributed by atoms with van der Waals surface area (Å²) in [5.41, 5.74) is -0.0267. The number of carbonyl (C=O) groups excluding carboxylic acids is 1. The van der Waals surface area contributed by atoms with E-state index in [0.29, 0.717) is 11.3 Å². The topological polar surface area (TPSA) is 67.8 Å². The van der Waals surface area contributed by atoms with Crippen LogP contribution in [0.1, 0.15) is 26.3 Å². The summed E-state index contributed by atoms with van der Waals surface area (Å²) in [6, 6.07) is 4.09. The average Bonchev–Trinajstić information content (AvgIpc) is 2.40. The Balaban J connectivity index is 2.58. The van der Waals surface area contributed by atoms with Crippen molar-refractivity contribution in [1.82, 2.24) is 5.32 Å². The summed E-state index contributed by atoms with van der Waals surface area (Å²) in [5.74, 6) is 0.0695. The monoisotopic (exact) mass is 311 g/mol. The van der Waals surface area contributed by atoms with E-state index in [4.69, 9.17) is 14.6 Å². The molecule has 1 rings (SSSR count). The molecule has 0 atom stereocenters. The number of ether oxygens (including phenoxy) is 2. The second-order valence-corrected chi connectivity index (χ2v) is 5.54. The van der Waals surface area contributed by atoms with Gasteiger partial charge in [-0.05, 0) is 39.0 Å². The number of aliphatic hydroxyl groups is 1. The van der Waals surface area contributed by atoms with Crippen LogP contribution in [0.5, 0.6) is 5.75 Å². The third-order valence-electron chi connectivity index (χ3n) is 2.38. The van der Waals surface area contributed by atoms with Crippen LogP contribution < -0.4 is 10.1 Å². The lowest BCUT2D eigenvalue weighted by Gasteiger charge is -2.19. The number of carbonyl (C=O) groups is 1. The first-order valence-electron chi connectivity index (χ1n) is 6.98. The third-order valence-corrected chi connectivity index (χ3v) is 2.38. The zero-order valence-electron chi connectivity index (χ0n) is 13.1. The van der Waals surface area contributed by atoms with Crippen LogP contribution in [0.2, 0.25) is 0 Å². The van der Waals surface area contributed by atoms with Crippen molar-refractivity contribution in [2.75, 3.05) is 19.8 Å². The van der Waals surface area contributed by atoms with Gasteiger partial charge in [0.15, 0.2) is 0 Å². The van der Waals surface area contributed by atoms with E-state index in [1.54, 1.807) is 32.9 Å². The normalized spacial score (nSPS) is 11.5. The number of amides is 1. The van der Waals surface area contributed by atoms with Crippen LogP contribution in [0, 0.1) is 5.82 Å². The quantitative estimate of drug-likeness (QED) is 0.847. The fourth-order valence-electron chi connectivity index (χ4n) is 1.58. The predicted molar refractivity (Wildman–Crippen MR) is 82.3 cm³/mol. The molecule has 0 aliphatic rings. The Labute approximate surface area is 129 Å². The van der Waals surface area contributed by atoms with Crippen LogP contribution in [0.25, 0.3) is 6.08 Å². The van der Waals surface area contributed by atoms with Gasteiger partial charge in [0.05, 0.1) is 6.61 Å². The molecule has 0 spiro atoms. The van der Waals surface area contributed by atoms with Gasteiger partial charge in [-0.3, -0.25) is 0 Å². The van der Waals surface area contributed by atoms with Gasteiger partial charge < -0.3 is 19.9 Å². The summed E-state index contributed by atoms with van der Waals surface area (Å²) in [7, 11) is 0. The van der Waals surface area contributed by atoms with Crippen molar-refractivity contribution in [3.8, 4) is 5.75 Å². The molecule has 1 amide bonds. The molecule has 6 heteroatoms. The van der Waals surface area contributed by atoms with Crippen molar-refractivity contribution in [2.24, 2.45) is 0 Å². The van der Waals surface area contributed by atoms with Gasteiger partial charge >= 0.3 is 6.09 Å². The van der Waals surface area contributed by atoms with Crippen LogP contribution >= 0.6 is 0 Å². The molecule has 1 aromatic rings. The molecule has 0 aromatic heterocycles. The van der Waals surface area contributed by atoms with Crippen molar-refractivity contribution in [3.05, 3.63) is 35.7 Å². The van der Waals surface area contributed by atoms with E-state index in [0.717, 1.165) is 0 Å². The van der Waals surface area contributed by atoms with Gasteiger partial charge in [-0.1, -0.05) is 12.2 Å². The molecular formula is C16H22FNO4. The number of rotatable bonds is 6. The molecule has 122 valence electrons. The minimum atomic E-state index is -0.554. The number of hydrogen-bond acceptors (Lipinski definition) is 4. The number of aliphatic hydroxyl groups excluding tert-OH is 1. The number of hydrogen-bond donors (Lipinski definition) is 2. The molecule has 5 nitrogen and oxygen atoms in total. The summed E-state index contributed by atoms with van der Waals surface area (Å²) in [6.07, 6.45) is 2.77. The number of halogens is 1. The molecule has 0 aliphatic carbocycles. The Hall–Kier alpha value is -2.08. The first kappa shape index (κ1) is 18.0. The molecule has 0 saturated heterocycles. The first-order valence-corrected chi connectivity index (χ1v) is 6.98. The summed E-state index contributed by atoms with van der Waals surface area (Å²) < 4.78 is 23.7. The number of benzene rings is 1. The maximum absolute atomic E-state index is 13.3. The zero-order chi connectivity index (χ0) is 16.6. The minimum absolute atomic E-state index is 0.124. The fraction of sp³-hybridized carbons (Fsp3) is 0.438. The molecule has 0 saturated carbocycles. The van der Waals surface area contributed by atoms with Crippen molar-refractivity contribution in [2.45, 2.75) is 26.4 Å². The van der Waals surface area contributed by atoms with E-state index < -0.39 is 17.5 Å². The second-order valence-electron chi connectivity index (χ2n) is 5.54. The molecule has 22 heavy (non-hydrogen) atoms. The van der Waals surface area contributed by atoms with Gasteiger partial charge in [0.25, 0.3) is 0 Å². The molecular weight excluding hydrogens is 289 g/mol. The average molecular weight is 311 g/mol. The van der Waals surface area contributed by atoms with E-state index in [9.17, 15) is 9.18 Å². The molecule has 2 N–H and O–H groups in total. The summed E-state index contributed by atoms with van der Waals surface area (Å²) >= 11 is 0. The smallest absolute Gasteiger partial charge is 0.407 e. The molecule has 0 radical (unpaired) electrons. The lowest BCUT2D eigenvalue weighted by Crippen LogP contribution is -2.32. The molecule has 0 aliphatic heterocycles. The molecule has 0 heterocycles. The Kier molecular flexibility index (Phi) is 6.85. The maximum atomic E-state index is 13.3. The SMILES string of the molecule is CC(C)(C)OC(=O)NCC=Cc1cc(F)ccc1OCCO. The van der Waals surface area contributed by atoms with Gasteiger partial charge in [-0.25, -0.2) is 9.18 Å². The number of alkyl carbamates (subject to hydrolysis) is 1. The van der Waals surface area contributed by atoms with Crippen LogP contribution in [-0.2, 0) is 4.74 Å². The third kappa shape index (κ3) is 7.08. The van der Waals surface area contributed by atoms with Gasteiger partial charge in [0, 0.05) is 12.1 Å². The Bertz CT molecular complexity index is 523. The summed E-state index contributed by atoms with van der Waals surface area (Å²) in [6.45, 7) is 5.58. The van der Waals surface area contributed by atoms with Crippen molar-refractivity contribution >= 4 is 12.2 Å². The van der Waals surface area contributed by atoms with Crippen molar-refractivity contribution in [3.63, 3.8) is 0 Å². The Morgan fingerprint density at radius 1 is 1.41 bits per heavy atom. The fourth-order valence-corrected chi connectivity index (χ4v) is 1.58. The number of nitrogens with one attached hydrogen (secondary N) is 1. The maximum Gasteiger partial charge on any atom is 0.407 e. The van der Waals surface area contributed by atoms with E-state index in [1.807, 2.05) is 0 Å². The van der Waals surface area contributed by atoms with Crippen LogP contribution in [0.3, 0.4) is 0 Å². The predicted octanol–water partition coefficient (Wildman–Crippen LogP) is 2.73. The van der Waals surface area contributed by atoms with E-state index >= 15 is 0 Å². The van der Waals surface area contributed by atoms with Crippen LogP contribution in [-0.4, -0.2) is 36.6 Å². The highest BCUT2D eigenvalue weighted by Crippen LogP contribution is 2.21. The van der Waals surface area contributed by atoms with Crippen molar-refractivity contribution in [1.29, 1.82) is 0 Å². The van der Waals surface area contributed by atoms with E-state index in [1.165, 1.54) is 18.2 Å². The molecule has 0 fully saturated rings. The van der Waals surface area contributed by atoms with Crippen LogP contribution in [0.4, 0.5) is 9.18 Å². The lowest BCUT2D eigenvalue weighted by molar-refractivity contribution is 0.0534. The molecule has 0 bridgehead atoms. The van der Waals surface area contributed by atoms with Crippen LogP contribution in [0.15, 0.2) is 24.3 Å². The van der Waals surface area contributed by atoms with Gasteiger partial charge in [-0.15, -0.1) is 0 Å². The Morgan fingerprint density at radius 3 is 2.77 bits per heavy atom. The summed E-state index contributed by atoms with van der Waals surface area (Å²) in [4.78, 5) is 11.5. The van der Waals surface area contributed by atoms with Gasteiger partial charge in [0.2, 0.25) is 0 Å². The molecule has 1 aromatic carbocycles. The Morgan fingerprint density at radius 2 is 2.14 bits per heavy atom. The van der Waals surface area contributed by atoms with Gasteiger partial charge in [0.1, 0.15) is 23.8 Å². The lowest BCUT2D eigenvalue weighted by atomic mass is 10.2. The highest BCUT2D eigenvalue weighted by molar-refractivity contribution is 5.68. The van der Waals surface area contributed by atoms with E-state index in [-0.39, 0.29) is 19.8 Å². The van der Waals surface area contributed by atoms with Gasteiger partial charge in [-0.2, -0.15) is 0 Å². The van der Waals surface area contributed by atoms with Crippen molar-refractivity contribution < 1.29 is 23.8 Å².